The second-order valence-corrected chi connectivity index (χ2v) is 5.72. The fourth-order valence-corrected chi connectivity index (χ4v) is 2.51. The molecular formula is C21H19NO2. The third kappa shape index (κ3) is 3.46. The number of benzene rings is 3. The van der Waals surface area contributed by atoms with Gasteiger partial charge in [0, 0.05) is 11.1 Å². The van der Waals surface area contributed by atoms with Crippen molar-refractivity contribution in [3.63, 3.8) is 0 Å². The number of carbonyl (C=O) groups excluding carboxylic acids is 1. The van der Waals surface area contributed by atoms with Crippen molar-refractivity contribution in [1.29, 1.82) is 0 Å². The van der Waals surface area contributed by atoms with E-state index in [2.05, 4.69) is 11.9 Å². The van der Waals surface area contributed by atoms with Crippen LogP contribution in [0.15, 0.2) is 78.9 Å². The summed E-state index contributed by atoms with van der Waals surface area (Å²) >= 11 is 0. The Bertz CT molecular complexity index is 894. The van der Waals surface area contributed by atoms with Crippen LogP contribution in [0.3, 0.4) is 0 Å². The predicted octanol–water partition coefficient (Wildman–Crippen LogP) is 5.05. The van der Waals surface area contributed by atoms with E-state index in [9.17, 15) is 4.79 Å². The SMILES string of the molecule is C=C(C)COc1ccccc1C(=O)Nc1cccc2ccccc12. The molecule has 0 aliphatic rings. The van der Waals surface area contributed by atoms with Gasteiger partial charge >= 0.3 is 0 Å². The summed E-state index contributed by atoms with van der Waals surface area (Å²) in [4.78, 5) is 12.7. The van der Waals surface area contributed by atoms with Gasteiger partial charge in [0.2, 0.25) is 0 Å². The van der Waals surface area contributed by atoms with Crippen LogP contribution < -0.4 is 10.1 Å². The fraction of sp³-hybridized carbons (Fsp3) is 0.0952. The van der Waals surface area contributed by atoms with Gasteiger partial charge in [0.15, 0.2) is 0 Å². The van der Waals surface area contributed by atoms with E-state index >= 15 is 0 Å². The Morgan fingerprint density at radius 3 is 2.54 bits per heavy atom. The maximum Gasteiger partial charge on any atom is 0.259 e. The Balaban J connectivity index is 1.88. The summed E-state index contributed by atoms with van der Waals surface area (Å²) in [6.07, 6.45) is 0. The number of hydrogen-bond acceptors (Lipinski definition) is 2. The molecule has 3 aromatic carbocycles. The lowest BCUT2D eigenvalue weighted by atomic mass is 10.1. The van der Waals surface area contributed by atoms with Gasteiger partial charge in [-0.15, -0.1) is 0 Å². The van der Waals surface area contributed by atoms with Crippen LogP contribution in [0.5, 0.6) is 5.75 Å². The van der Waals surface area contributed by atoms with Crippen molar-refractivity contribution >= 4 is 22.4 Å². The van der Waals surface area contributed by atoms with Crippen molar-refractivity contribution in [2.45, 2.75) is 6.92 Å². The predicted molar refractivity (Wildman–Crippen MR) is 98.7 cm³/mol. The van der Waals surface area contributed by atoms with Gasteiger partial charge in [-0.1, -0.05) is 55.1 Å². The van der Waals surface area contributed by atoms with Crippen LogP contribution in [0.1, 0.15) is 17.3 Å². The van der Waals surface area contributed by atoms with E-state index in [0.29, 0.717) is 17.9 Å². The number of amides is 1. The molecule has 0 heterocycles. The first-order valence-corrected chi connectivity index (χ1v) is 7.80. The number of nitrogens with one attached hydrogen (secondary N) is 1. The van der Waals surface area contributed by atoms with Crippen molar-refractivity contribution in [1.82, 2.24) is 0 Å². The molecule has 3 heteroatoms. The molecule has 0 atom stereocenters. The normalized spacial score (nSPS) is 10.4. The molecule has 0 bridgehead atoms. The highest BCUT2D eigenvalue weighted by Gasteiger charge is 2.13. The molecule has 24 heavy (non-hydrogen) atoms. The number of ether oxygens (including phenoxy) is 1. The van der Waals surface area contributed by atoms with Crippen molar-refractivity contribution in [2.75, 3.05) is 11.9 Å². The molecular weight excluding hydrogens is 298 g/mol. The quantitative estimate of drug-likeness (QED) is 0.669. The van der Waals surface area contributed by atoms with E-state index in [0.717, 1.165) is 22.0 Å². The molecule has 0 saturated carbocycles. The fourth-order valence-electron chi connectivity index (χ4n) is 2.51. The van der Waals surface area contributed by atoms with Crippen LogP contribution in [0, 0.1) is 0 Å². The van der Waals surface area contributed by atoms with Crippen molar-refractivity contribution in [3.8, 4) is 5.75 Å². The van der Waals surface area contributed by atoms with Crippen molar-refractivity contribution in [2.24, 2.45) is 0 Å². The Kier molecular flexibility index (Phi) is 4.62. The first-order valence-electron chi connectivity index (χ1n) is 7.80. The molecule has 1 amide bonds. The summed E-state index contributed by atoms with van der Waals surface area (Å²) in [5.74, 6) is 0.363. The van der Waals surface area contributed by atoms with Crippen LogP contribution in [-0.4, -0.2) is 12.5 Å². The van der Waals surface area contributed by atoms with Crippen LogP contribution in [-0.2, 0) is 0 Å². The van der Waals surface area contributed by atoms with Crippen LogP contribution in [0.4, 0.5) is 5.69 Å². The lowest BCUT2D eigenvalue weighted by Crippen LogP contribution is -2.14. The summed E-state index contributed by atoms with van der Waals surface area (Å²) in [6, 6.07) is 21.0. The first kappa shape index (κ1) is 15.8. The van der Waals surface area contributed by atoms with Crippen molar-refractivity contribution in [3.05, 3.63) is 84.4 Å². The summed E-state index contributed by atoms with van der Waals surface area (Å²) in [7, 11) is 0. The number of rotatable bonds is 5. The zero-order chi connectivity index (χ0) is 16.9. The van der Waals surface area contributed by atoms with E-state index in [-0.39, 0.29) is 5.91 Å². The molecule has 3 rings (SSSR count). The van der Waals surface area contributed by atoms with Crippen molar-refractivity contribution < 1.29 is 9.53 Å². The third-order valence-corrected chi connectivity index (χ3v) is 3.64. The monoisotopic (exact) mass is 317 g/mol. The molecule has 3 nitrogen and oxygen atoms in total. The highest BCUT2D eigenvalue weighted by molar-refractivity contribution is 6.10. The molecule has 0 fully saturated rings. The van der Waals surface area contributed by atoms with Gasteiger partial charge in [-0.2, -0.15) is 0 Å². The minimum Gasteiger partial charge on any atom is -0.488 e. The molecule has 0 unspecified atom stereocenters. The Labute approximate surface area is 141 Å². The maximum absolute atomic E-state index is 12.7. The Hall–Kier alpha value is -3.07. The lowest BCUT2D eigenvalue weighted by molar-refractivity contribution is 0.102. The molecule has 0 aromatic heterocycles. The number of anilines is 1. The van der Waals surface area contributed by atoms with E-state index in [4.69, 9.17) is 4.74 Å². The van der Waals surface area contributed by atoms with Gasteiger partial charge in [0.05, 0.1) is 5.56 Å². The van der Waals surface area contributed by atoms with Crippen LogP contribution in [0.25, 0.3) is 10.8 Å². The topological polar surface area (TPSA) is 38.3 Å². The molecule has 0 aliphatic heterocycles. The largest absolute Gasteiger partial charge is 0.488 e. The van der Waals surface area contributed by atoms with Gasteiger partial charge in [0.1, 0.15) is 12.4 Å². The molecule has 1 N–H and O–H groups in total. The third-order valence-electron chi connectivity index (χ3n) is 3.64. The zero-order valence-corrected chi connectivity index (χ0v) is 13.6. The van der Waals surface area contributed by atoms with Crippen LogP contribution >= 0.6 is 0 Å². The number of para-hydroxylation sites is 1. The molecule has 0 aliphatic carbocycles. The van der Waals surface area contributed by atoms with Gasteiger partial charge in [-0.05, 0) is 36.1 Å². The first-order chi connectivity index (χ1) is 11.6. The standard InChI is InChI=1S/C21H19NO2/c1-15(2)14-24-20-13-6-5-11-18(20)21(23)22-19-12-7-9-16-8-3-4-10-17(16)19/h3-13H,1,14H2,2H3,(H,22,23). The second kappa shape index (κ2) is 7.01. The molecule has 0 spiro atoms. The van der Waals surface area contributed by atoms with Crippen LogP contribution in [0.2, 0.25) is 0 Å². The van der Waals surface area contributed by atoms with Gasteiger partial charge < -0.3 is 10.1 Å². The maximum atomic E-state index is 12.7. The Morgan fingerprint density at radius 2 is 1.71 bits per heavy atom. The van der Waals surface area contributed by atoms with Gasteiger partial charge in [-0.3, -0.25) is 4.79 Å². The minimum atomic E-state index is -0.191. The summed E-state index contributed by atoms with van der Waals surface area (Å²) in [5.41, 5.74) is 2.19. The number of carbonyl (C=O) groups is 1. The lowest BCUT2D eigenvalue weighted by Gasteiger charge is -2.13. The highest BCUT2D eigenvalue weighted by Crippen LogP contribution is 2.25. The van der Waals surface area contributed by atoms with E-state index in [1.807, 2.05) is 61.5 Å². The average Bonchev–Trinajstić information content (AvgIpc) is 2.60. The van der Waals surface area contributed by atoms with E-state index in [1.54, 1.807) is 12.1 Å². The minimum absolute atomic E-state index is 0.191. The van der Waals surface area contributed by atoms with Gasteiger partial charge in [0.25, 0.3) is 5.91 Å². The summed E-state index contributed by atoms with van der Waals surface area (Å²) in [6.45, 7) is 6.10. The highest BCUT2D eigenvalue weighted by atomic mass is 16.5. The molecule has 3 aromatic rings. The second-order valence-electron chi connectivity index (χ2n) is 5.72. The zero-order valence-electron chi connectivity index (χ0n) is 13.6. The number of hydrogen-bond donors (Lipinski definition) is 1. The van der Waals surface area contributed by atoms with Gasteiger partial charge in [-0.25, -0.2) is 0 Å². The van der Waals surface area contributed by atoms with E-state index < -0.39 is 0 Å². The average molecular weight is 317 g/mol. The molecule has 0 radical (unpaired) electrons. The number of fused-ring (bicyclic) bond motifs is 1. The smallest absolute Gasteiger partial charge is 0.259 e. The molecule has 120 valence electrons. The summed E-state index contributed by atoms with van der Waals surface area (Å²) in [5, 5.41) is 5.08. The Morgan fingerprint density at radius 1 is 1.00 bits per heavy atom. The molecule has 0 saturated heterocycles. The van der Waals surface area contributed by atoms with E-state index in [1.165, 1.54) is 0 Å². The summed E-state index contributed by atoms with van der Waals surface area (Å²) < 4.78 is 5.68.